The lowest BCUT2D eigenvalue weighted by atomic mass is 9.90. The van der Waals surface area contributed by atoms with E-state index in [1.165, 1.54) is 0 Å². The number of fused-ring (bicyclic) bond motifs is 1. The van der Waals surface area contributed by atoms with E-state index in [0.717, 1.165) is 30.4 Å². The maximum atomic E-state index is 12.5. The van der Waals surface area contributed by atoms with Gasteiger partial charge in [0.25, 0.3) is 0 Å². The van der Waals surface area contributed by atoms with Gasteiger partial charge >= 0.3 is 0 Å². The van der Waals surface area contributed by atoms with Crippen LogP contribution >= 0.6 is 0 Å². The Morgan fingerprint density at radius 1 is 1.42 bits per heavy atom. The molecule has 0 heterocycles. The molecule has 1 aliphatic rings. The molecule has 0 saturated heterocycles. The number of hydrogen-bond acceptors (Lipinski definition) is 3. The maximum Gasteiger partial charge on any atom is 0.166 e. The zero-order valence-corrected chi connectivity index (χ0v) is 11.5. The summed E-state index contributed by atoms with van der Waals surface area (Å²) in [6.45, 7) is 2.82. The zero-order valence-electron chi connectivity index (χ0n) is 11.5. The maximum absolute atomic E-state index is 12.5. The SMILES string of the molecule is CCOCC(O)CC1CCCc2ccccc2C1=O. The topological polar surface area (TPSA) is 46.5 Å². The number of ketones is 1. The van der Waals surface area contributed by atoms with E-state index in [-0.39, 0.29) is 11.7 Å². The first-order valence-corrected chi connectivity index (χ1v) is 7.10. The minimum atomic E-state index is -0.542. The van der Waals surface area contributed by atoms with Gasteiger partial charge in [-0.25, -0.2) is 0 Å². The molecule has 0 radical (unpaired) electrons. The molecule has 1 N–H and O–H groups in total. The van der Waals surface area contributed by atoms with Gasteiger partial charge < -0.3 is 9.84 Å². The molecule has 0 amide bonds. The minimum Gasteiger partial charge on any atom is -0.391 e. The van der Waals surface area contributed by atoms with Crippen molar-refractivity contribution >= 4 is 5.78 Å². The summed E-state index contributed by atoms with van der Waals surface area (Å²) in [7, 11) is 0. The van der Waals surface area contributed by atoms with E-state index in [4.69, 9.17) is 4.74 Å². The molecule has 0 saturated carbocycles. The number of rotatable bonds is 5. The highest BCUT2D eigenvalue weighted by molar-refractivity contribution is 5.99. The van der Waals surface area contributed by atoms with Crippen LogP contribution in [-0.4, -0.2) is 30.2 Å². The molecule has 1 aromatic carbocycles. The lowest BCUT2D eigenvalue weighted by Crippen LogP contribution is -2.24. The van der Waals surface area contributed by atoms with Crippen molar-refractivity contribution in [2.75, 3.05) is 13.2 Å². The van der Waals surface area contributed by atoms with Crippen LogP contribution in [0.2, 0.25) is 0 Å². The second kappa shape index (κ2) is 6.83. The van der Waals surface area contributed by atoms with E-state index in [1.807, 2.05) is 31.2 Å². The van der Waals surface area contributed by atoms with Gasteiger partial charge in [-0.05, 0) is 38.2 Å². The molecule has 0 fully saturated rings. The fourth-order valence-corrected chi connectivity index (χ4v) is 2.74. The van der Waals surface area contributed by atoms with E-state index >= 15 is 0 Å². The van der Waals surface area contributed by atoms with E-state index < -0.39 is 6.10 Å². The van der Waals surface area contributed by atoms with E-state index in [1.54, 1.807) is 0 Å². The van der Waals surface area contributed by atoms with Crippen molar-refractivity contribution in [3.63, 3.8) is 0 Å². The number of carbonyl (C=O) groups excluding carboxylic acids is 1. The van der Waals surface area contributed by atoms with Crippen molar-refractivity contribution in [1.29, 1.82) is 0 Å². The highest BCUT2D eigenvalue weighted by atomic mass is 16.5. The number of aliphatic hydroxyl groups is 1. The van der Waals surface area contributed by atoms with Gasteiger partial charge in [0.05, 0.1) is 12.7 Å². The van der Waals surface area contributed by atoms with E-state index in [9.17, 15) is 9.90 Å². The standard InChI is InChI=1S/C16H22O3/c1-2-19-11-14(17)10-13-8-5-7-12-6-3-4-9-15(12)16(13)18/h3-4,6,9,13-14,17H,2,5,7-8,10-11H2,1H3. The largest absolute Gasteiger partial charge is 0.391 e. The van der Waals surface area contributed by atoms with Crippen molar-refractivity contribution in [1.82, 2.24) is 0 Å². The summed E-state index contributed by atoms with van der Waals surface area (Å²) in [4.78, 5) is 12.5. The number of carbonyl (C=O) groups is 1. The highest BCUT2D eigenvalue weighted by Gasteiger charge is 2.27. The molecule has 2 atom stereocenters. The van der Waals surface area contributed by atoms with Crippen LogP contribution in [0.1, 0.15) is 42.1 Å². The van der Waals surface area contributed by atoms with Gasteiger partial charge in [-0.1, -0.05) is 24.3 Å². The number of ether oxygens (including phenoxy) is 1. The molecule has 3 nitrogen and oxygen atoms in total. The van der Waals surface area contributed by atoms with Crippen molar-refractivity contribution in [2.24, 2.45) is 5.92 Å². The molecule has 3 heteroatoms. The monoisotopic (exact) mass is 262 g/mol. The van der Waals surface area contributed by atoms with Crippen LogP contribution in [0.4, 0.5) is 0 Å². The first-order chi connectivity index (χ1) is 9.22. The normalized spacial score (nSPS) is 20.7. The Bertz CT molecular complexity index is 428. The van der Waals surface area contributed by atoms with Crippen LogP contribution in [0.5, 0.6) is 0 Å². The fraction of sp³-hybridized carbons (Fsp3) is 0.562. The van der Waals surface area contributed by atoms with Crippen LogP contribution in [-0.2, 0) is 11.2 Å². The highest BCUT2D eigenvalue weighted by Crippen LogP contribution is 2.27. The first-order valence-electron chi connectivity index (χ1n) is 7.10. The molecule has 2 rings (SSSR count). The van der Waals surface area contributed by atoms with Crippen LogP contribution in [0, 0.1) is 5.92 Å². The van der Waals surface area contributed by atoms with Gasteiger partial charge in [-0.2, -0.15) is 0 Å². The smallest absolute Gasteiger partial charge is 0.166 e. The molecule has 2 unspecified atom stereocenters. The van der Waals surface area contributed by atoms with Gasteiger partial charge in [-0.15, -0.1) is 0 Å². The third-order valence-electron chi connectivity index (χ3n) is 3.72. The third kappa shape index (κ3) is 3.64. The molecule has 0 aromatic heterocycles. The summed E-state index contributed by atoms with van der Waals surface area (Å²) in [5.41, 5.74) is 1.99. The first kappa shape index (κ1) is 14.2. The Morgan fingerprint density at radius 2 is 2.21 bits per heavy atom. The van der Waals surface area contributed by atoms with Gasteiger partial charge in [0.1, 0.15) is 0 Å². The van der Waals surface area contributed by atoms with E-state index in [0.29, 0.717) is 19.6 Å². The third-order valence-corrected chi connectivity index (χ3v) is 3.72. The van der Waals surface area contributed by atoms with Gasteiger partial charge in [0, 0.05) is 18.1 Å². The van der Waals surface area contributed by atoms with E-state index in [2.05, 4.69) is 0 Å². The molecule has 1 aliphatic carbocycles. The molecular formula is C16H22O3. The molecule has 1 aromatic rings. The zero-order chi connectivity index (χ0) is 13.7. The van der Waals surface area contributed by atoms with Crippen molar-refractivity contribution in [3.05, 3.63) is 35.4 Å². The van der Waals surface area contributed by atoms with Gasteiger partial charge in [0.2, 0.25) is 0 Å². The van der Waals surface area contributed by atoms with Gasteiger partial charge in [-0.3, -0.25) is 4.79 Å². The van der Waals surface area contributed by atoms with Crippen LogP contribution in [0.3, 0.4) is 0 Å². The summed E-state index contributed by atoms with van der Waals surface area (Å²) in [6.07, 6.45) is 2.79. The Hall–Kier alpha value is -1.19. The second-order valence-corrected chi connectivity index (χ2v) is 5.16. The Labute approximate surface area is 114 Å². The summed E-state index contributed by atoms with van der Waals surface area (Å²) in [5, 5.41) is 9.91. The summed E-state index contributed by atoms with van der Waals surface area (Å²) >= 11 is 0. The molecular weight excluding hydrogens is 240 g/mol. The second-order valence-electron chi connectivity index (χ2n) is 5.16. The lowest BCUT2D eigenvalue weighted by Gasteiger charge is -2.17. The fourth-order valence-electron chi connectivity index (χ4n) is 2.74. The molecule has 0 bridgehead atoms. The Morgan fingerprint density at radius 3 is 3.00 bits per heavy atom. The number of benzene rings is 1. The Kier molecular flexibility index (Phi) is 5.11. The summed E-state index contributed by atoms with van der Waals surface area (Å²) in [5.74, 6) is 0.114. The Balaban J connectivity index is 2.05. The van der Waals surface area contributed by atoms with Crippen LogP contribution < -0.4 is 0 Å². The summed E-state index contributed by atoms with van der Waals surface area (Å²) < 4.78 is 5.21. The number of aryl methyl sites for hydroxylation is 1. The van der Waals surface area contributed by atoms with Gasteiger partial charge in [0.15, 0.2) is 5.78 Å². The lowest BCUT2D eigenvalue weighted by molar-refractivity contribution is 0.0280. The molecule has 19 heavy (non-hydrogen) atoms. The number of aliphatic hydroxyl groups excluding tert-OH is 1. The minimum absolute atomic E-state index is 0.0703. The average molecular weight is 262 g/mol. The summed E-state index contributed by atoms with van der Waals surface area (Å²) in [6, 6.07) is 7.84. The predicted molar refractivity (Wildman–Crippen MR) is 74.3 cm³/mol. The molecule has 0 aliphatic heterocycles. The molecule has 0 spiro atoms. The number of hydrogen-bond donors (Lipinski definition) is 1. The van der Waals surface area contributed by atoms with Crippen molar-refractivity contribution in [3.8, 4) is 0 Å². The number of Topliss-reactive ketones (excluding diaryl/α,β-unsaturated/α-hetero) is 1. The predicted octanol–water partition coefficient (Wildman–Crippen LogP) is 2.61. The van der Waals surface area contributed by atoms with Crippen molar-refractivity contribution in [2.45, 2.75) is 38.7 Å². The average Bonchev–Trinajstić information content (AvgIpc) is 2.58. The van der Waals surface area contributed by atoms with Crippen LogP contribution in [0.15, 0.2) is 24.3 Å². The van der Waals surface area contributed by atoms with Crippen LogP contribution in [0.25, 0.3) is 0 Å². The van der Waals surface area contributed by atoms with Crippen molar-refractivity contribution < 1.29 is 14.6 Å². The quantitative estimate of drug-likeness (QED) is 0.830. The molecule has 104 valence electrons.